The van der Waals surface area contributed by atoms with Crippen LogP contribution in [0.25, 0.3) is 0 Å². The van der Waals surface area contributed by atoms with Gasteiger partial charge in [-0.05, 0) is 22.8 Å². The summed E-state index contributed by atoms with van der Waals surface area (Å²) >= 11 is 0. The van der Waals surface area contributed by atoms with Crippen LogP contribution in [-0.2, 0) is 4.79 Å². The van der Waals surface area contributed by atoms with E-state index in [1.807, 2.05) is 0 Å². The number of likely N-dealkylation sites (tertiary alicyclic amines) is 1. The summed E-state index contributed by atoms with van der Waals surface area (Å²) in [4.78, 5) is 21.3. The summed E-state index contributed by atoms with van der Waals surface area (Å²) < 4.78 is 0. The predicted octanol–water partition coefficient (Wildman–Crippen LogP) is 3.61. The molecule has 5 heteroatoms. The number of aliphatic imine (C=N–C) groups is 1. The topological polar surface area (TPSA) is 56.1 Å². The average Bonchev–Trinajstić information content (AvgIpc) is 2.86. The van der Waals surface area contributed by atoms with Gasteiger partial charge in [-0.15, -0.1) is 0 Å². The van der Waals surface area contributed by atoms with E-state index in [0.29, 0.717) is 19.1 Å². The van der Waals surface area contributed by atoms with Crippen LogP contribution in [0, 0.1) is 16.7 Å². The van der Waals surface area contributed by atoms with Gasteiger partial charge in [0.25, 0.3) is 0 Å². The highest BCUT2D eigenvalue weighted by Crippen LogP contribution is 2.47. The minimum absolute atomic E-state index is 0.0357. The standard InChI is InChI=1S/C21H35N3O2/c1-8-15-22-18(21(5,6)7)16(20(2,3)4)17-14(9-10-24(15)17)23-11-13(12-23)19(25)26/h13-14,18H,8-12H2,1-7H3,(H,25,26). The first-order chi connectivity index (χ1) is 11.9. The number of hydrogen-bond donors (Lipinski definition) is 1. The highest BCUT2D eigenvalue weighted by molar-refractivity contribution is 5.86. The van der Waals surface area contributed by atoms with Crippen LogP contribution >= 0.6 is 0 Å². The molecule has 0 aromatic carbocycles. The van der Waals surface area contributed by atoms with Crippen LogP contribution < -0.4 is 0 Å². The number of nitrogens with zero attached hydrogens (tertiary/aromatic N) is 3. The first-order valence-corrected chi connectivity index (χ1v) is 10.0. The third-order valence-corrected chi connectivity index (χ3v) is 6.02. The molecule has 3 rings (SSSR count). The van der Waals surface area contributed by atoms with Crippen LogP contribution in [0.2, 0.25) is 0 Å². The van der Waals surface area contributed by atoms with E-state index < -0.39 is 5.97 Å². The molecule has 0 aromatic heterocycles. The molecule has 3 aliphatic rings. The highest BCUT2D eigenvalue weighted by atomic mass is 16.4. The molecule has 1 N–H and O–H groups in total. The summed E-state index contributed by atoms with van der Waals surface area (Å²) in [6, 6.07) is 0.516. The van der Waals surface area contributed by atoms with Crippen molar-refractivity contribution in [2.24, 2.45) is 21.7 Å². The molecular formula is C21H35N3O2. The molecule has 26 heavy (non-hydrogen) atoms. The van der Waals surface area contributed by atoms with E-state index in [2.05, 4.69) is 58.3 Å². The molecule has 0 spiro atoms. The van der Waals surface area contributed by atoms with Crippen LogP contribution in [0.5, 0.6) is 0 Å². The van der Waals surface area contributed by atoms with Gasteiger partial charge in [-0.3, -0.25) is 14.7 Å². The summed E-state index contributed by atoms with van der Waals surface area (Å²) in [6.07, 6.45) is 2.01. The lowest BCUT2D eigenvalue weighted by Gasteiger charge is -2.47. The van der Waals surface area contributed by atoms with Crippen LogP contribution in [-0.4, -0.2) is 58.4 Å². The van der Waals surface area contributed by atoms with Crippen molar-refractivity contribution < 1.29 is 9.90 Å². The van der Waals surface area contributed by atoms with Gasteiger partial charge in [0.15, 0.2) is 0 Å². The van der Waals surface area contributed by atoms with Crippen molar-refractivity contribution in [3.05, 3.63) is 11.3 Å². The van der Waals surface area contributed by atoms with Crippen molar-refractivity contribution in [1.82, 2.24) is 9.80 Å². The molecular weight excluding hydrogens is 326 g/mol. The number of carbonyl (C=O) groups is 1. The second-order valence-electron chi connectivity index (χ2n) is 10.2. The van der Waals surface area contributed by atoms with Crippen molar-refractivity contribution in [3.8, 4) is 0 Å². The second kappa shape index (κ2) is 6.36. The largest absolute Gasteiger partial charge is 0.481 e. The Hall–Kier alpha value is -1.36. The van der Waals surface area contributed by atoms with E-state index in [-0.39, 0.29) is 22.8 Å². The molecule has 146 valence electrons. The first kappa shape index (κ1) is 19.4. The Balaban J connectivity index is 2.04. The average molecular weight is 362 g/mol. The molecule has 0 saturated carbocycles. The van der Waals surface area contributed by atoms with E-state index in [1.165, 1.54) is 17.1 Å². The van der Waals surface area contributed by atoms with Crippen LogP contribution in [0.1, 0.15) is 61.3 Å². The zero-order valence-electron chi connectivity index (χ0n) is 17.5. The molecule has 3 heterocycles. The van der Waals surface area contributed by atoms with Gasteiger partial charge in [0.2, 0.25) is 0 Å². The second-order valence-corrected chi connectivity index (χ2v) is 10.2. The van der Waals surface area contributed by atoms with E-state index in [4.69, 9.17) is 4.99 Å². The molecule has 2 atom stereocenters. The molecule has 0 aliphatic carbocycles. The monoisotopic (exact) mass is 361 g/mol. The zero-order valence-corrected chi connectivity index (χ0v) is 17.5. The number of rotatable bonds is 3. The molecule has 2 fully saturated rings. The summed E-state index contributed by atoms with van der Waals surface area (Å²) in [5.74, 6) is 0.336. The molecule has 0 radical (unpaired) electrons. The SMILES string of the molecule is CCC1=NC(C(C)(C)C)C(C(C)(C)C)=C2C(N3CC(C(=O)O)C3)CCN12. The maximum atomic E-state index is 11.3. The Morgan fingerprint density at radius 1 is 1.19 bits per heavy atom. The van der Waals surface area contributed by atoms with Crippen molar-refractivity contribution in [3.63, 3.8) is 0 Å². The van der Waals surface area contributed by atoms with Crippen molar-refractivity contribution in [1.29, 1.82) is 0 Å². The summed E-state index contributed by atoms with van der Waals surface area (Å²) in [5.41, 5.74) is 2.97. The van der Waals surface area contributed by atoms with Gasteiger partial charge in [0.05, 0.1) is 18.0 Å². The van der Waals surface area contributed by atoms with Crippen molar-refractivity contribution in [2.45, 2.75) is 73.4 Å². The predicted molar refractivity (Wildman–Crippen MR) is 105 cm³/mol. The molecule has 5 nitrogen and oxygen atoms in total. The van der Waals surface area contributed by atoms with Gasteiger partial charge >= 0.3 is 5.97 Å². The Bertz CT molecular complexity index is 645. The molecule has 0 aromatic rings. The lowest BCUT2D eigenvalue weighted by molar-refractivity contribution is -0.148. The lowest BCUT2D eigenvalue weighted by atomic mass is 9.70. The fourth-order valence-electron chi connectivity index (χ4n) is 4.69. The van der Waals surface area contributed by atoms with Crippen LogP contribution in [0.15, 0.2) is 16.3 Å². The van der Waals surface area contributed by atoms with Crippen LogP contribution in [0.3, 0.4) is 0 Å². The minimum Gasteiger partial charge on any atom is -0.481 e. The summed E-state index contributed by atoms with van der Waals surface area (Å²) in [7, 11) is 0. The summed E-state index contributed by atoms with van der Waals surface area (Å²) in [6.45, 7) is 18.3. The molecule has 0 amide bonds. The smallest absolute Gasteiger partial charge is 0.309 e. The molecule has 0 bridgehead atoms. The van der Waals surface area contributed by atoms with Crippen LogP contribution in [0.4, 0.5) is 0 Å². The Labute approximate surface area is 158 Å². The maximum Gasteiger partial charge on any atom is 0.309 e. The Kier molecular flexibility index (Phi) is 4.75. The number of aliphatic carboxylic acids is 1. The normalized spacial score (nSPS) is 28.1. The molecule has 2 saturated heterocycles. The highest BCUT2D eigenvalue weighted by Gasteiger charge is 2.48. The van der Waals surface area contributed by atoms with E-state index in [1.54, 1.807) is 0 Å². The quantitative estimate of drug-likeness (QED) is 0.834. The number of fused-ring (bicyclic) bond motifs is 1. The number of hydrogen-bond acceptors (Lipinski definition) is 4. The lowest BCUT2D eigenvalue weighted by Crippen LogP contribution is -2.56. The van der Waals surface area contributed by atoms with E-state index >= 15 is 0 Å². The van der Waals surface area contributed by atoms with Gasteiger partial charge < -0.3 is 10.0 Å². The summed E-state index contributed by atoms with van der Waals surface area (Å²) in [5, 5.41) is 9.27. The fraction of sp³-hybridized carbons (Fsp3) is 0.810. The number of carboxylic acids is 1. The minimum atomic E-state index is -0.659. The number of amidine groups is 1. The third-order valence-electron chi connectivity index (χ3n) is 6.02. The van der Waals surface area contributed by atoms with Gasteiger partial charge in [0.1, 0.15) is 5.84 Å². The first-order valence-electron chi connectivity index (χ1n) is 10.0. The van der Waals surface area contributed by atoms with Gasteiger partial charge in [-0.1, -0.05) is 48.5 Å². The van der Waals surface area contributed by atoms with Gasteiger partial charge in [0, 0.05) is 31.8 Å². The molecule has 3 aliphatic heterocycles. The Morgan fingerprint density at radius 2 is 1.81 bits per heavy atom. The van der Waals surface area contributed by atoms with Gasteiger partial charge in [-0.2, -0.15) is 0 Å². The maximum absolute atomic E-state index is 11.3. The van der Waals surface area contributed by atoms with Gasteiger partial charge in [-0.25, -0.2) is 0 Å². The number of carboxylic acid groups (broad SMARTS) is 1. The third kappa shape index (κ3) is 3.19. The fourth-order valence-corrected chi connectivity index (χ4v) is 4.69. The van der Waals surface area contributed by atoms with E-state index in [0.717, 1.165) is 19.4 Å². The van der Waals surface area contributed by atoms with Crippen molar-refractivity contribution >= 4 is 11.8 Å². The molecule has 2 unspecified atom stereocenters. The zero-order chi connectivity index (χ0) is 19.4. The van der Waals surface area contributed by atoms with E-state index in [9.17, 15) is 9.90 Å². The Morgan fingerprint density at radius 3 is 2.27 bits per heavy atom. The van der Waals surface area contributed by atoms with Crippen molar-refractivity contribution in [2.75, 3.05) is 19.6 Å².